The first-order valence-corrected chi connectivity index (χ1v) is 49.0. The van der Waals surface area contributed by atoms with Crippen LogP contribution in [0.25, 0.3) is 131 Å². The number of fused-ring (bicyclic) bond motifs is 13. The summed E-state index contributed by atoms with van der Waals surface area (Å²) < 4.78 is 49.6. The molecule has 0 aliphatic heterocycles. The molecule has 16 aromatic rings. The summed E-state index contributed by atoms with van der Waals surface area (Å²) in [5.41, 5.74) is 24.7. The highest BCUT2D eigenvalue weighted by molar-refractivity contribution is 6.03. The third-order valence-corrected chi connectivity index (χ3v) is 31.6. The van der Waals surface area contributed by atoms with Gasteiger partial charge in [-0.1, -0.05) is 177 Å². The summed E-state index contributed by atoms with van der Waals surface area (Å²) in [6, 6.07) is 63.2. The monoisotopic (exact) mass is 1930 g/mol. The topological polar surface area (TPSA) is 247 Å². The van der Waals surface area contributed by atoms with E-state index < -0.39 is 21.7 Å². The maximum absolute atomic E-state index is 14.2. The van der Waals surface area contributed by atoms with E-state index in [2.05, 4.69) is 119 Å². The molecule has 12 atom stereocenters. The van der Waals surface area contributed by atoms with E-state index in [1.54, 1.807) is 43.2 Å². The number of benzene rings is 6. The normalized spacial score (nSPS) is 22.7. The lowest BCUT2D eigenvalue weighted by atomic mass is 9.58. The average molecular weight is 1930 g/mol. The zero-order chi connectivity index (χ0) is 102. The number of allylic oxidation sites excluding steroid dienone is 8. The smallest absolute Gasteiger partial charge is 0.226 e. The van der Waals surface area contributed by atoms with Gasteiger partial charge in [-0.05, 0) is 202 Å². The molecule has 10 heterocycles. The summed E-state index contributed by atoms with van der Waals surface area (Å²) >= 11 is 0. The Balaban J connectivity index is 0.000000114. The van der Waals surface area contributed by atoms with E-state index >= 15 is 0 Å². The van der Waals surface area contributed by atoms with Crippen LogP contribution >= 0.6 is 0 Å². The predicted octanol–water partition coefficient (Wildman–Crippen LogP) is 24.2. The fraction of sp³-hybridized carbons (Fsp3) is 0.242. The zero-order valence-electron chi connectivity index (χ0n) is 81.7. The number of aryl methyl sites for hydroxylation is 1. The molecule has 6 aromatic carbocycles. The molecule has 0 unspecified atom stereocenters. The number of rotatable bonds is 11. The number of Topliss-reactive ketones (excluding diaryl/α,β-unsaturated/α-hetero) is 4. The summed E-state index contributed by atoms with van der Waals surface area (Å²) in [5.74, 6) is -2.05. The van der Waals surface area contributed by atoms with Crippen molar-refractivity contribution in [3.8, 4) is 101 Å². The number of carbonyl (C=O) groups excluding carboxylic acids is 4. The lowest BCUT2D eigenvalue weighted by molar-refractivity contribution is -0.122. The lowest BCUT2D eigenvalue weighted by Gasteiger charge is -2.45. The molecule has 0 bridgehead atoms. The minimum atomic E-state index is -0.580. The van der Waals surface area contributed by atoms with Crippen molar-refractivity contribution in [2.24, 2.45) is 47.3 Å². The molecule has 0 spiro atoms. The van der Waals surface area contributed by atoms with Gasteiger partial charge in [0.25, 0.3) is 0 Å². The summed E-state index contributed by atoms with van der Waals surface area (Å²) in [4.78, 5) is 87.1. The summed E-state index contributed by atoms with van der Waals surface area (Å²) in [6.07, 6.45) is 30.3. The van der Waals surface area contributed by atoms with Gasteiger partial charge in [-0.3, -0.25) is 24.9 Å². The highest BCUT2D eigenvalue weighted by atomic mass is 19.1. The quantitative estimate of drug-likeness (QED) is 0.109. The summed E-state index contributed by atoms with van der Waals surface area (Å²) in [6.45, 7) is 48.9. The first-order valence-electron chi connectivity index (χ1n) is 49.0. The van der Waals surface area contributed by atoms with Gasteiger partial charge in [0.2, 0.25) is 22.8 Å². The van der Waals surface area contributed by atoms with E-state index in [0.717, 1.165) is 203 Å². The second-order valence-corrected chi connectivity index (χ2v) is 40.0. The van der Waals surface area contributed by atoms with Gasteiger partial charge in [0.15, 0.2) is 23.1 Å². The molecule has 26 heteroatoms. The fourth-order valence-corrected chi connectivity index (χ4v) is 24.6. The van der Waals surface area contributed by atoms with Gasteiger partial charge >= 0.3 is 0 Å². The van der Waals surface area contributed by atoms with E-state index in [1.165, 1.54) is 36.7 Å². The standard InChI is InChI=1S/C31H25FN4O.C30H24FN5O.C30H26N6O.C29H23FN4O/c1-19-26-14-13-25-28(21-7-5-4-6-8-21)35-36(30(25)31(26,2)16-27(33-3)29(19)37)24-11-9-20(10-12-24)22-15-23(32)18-34-17-22;1-18-25-11-10-24-27(20-5-4-12-33-15-20)35-36(29(24)30(25,2)14-26(32-3)28(18)37)23-8-6-19(7-9-23)21-13-22(31)17-34-16-21;1-18-14-22(17-33-34-18)20-7-9-23(10-8-20)36-29-24(27(35-36)21-6-5-13-32-16-21)11-12-25-19(2)28(37)26(31-4)15-30(25,29)3;1-17-22-12-11-21-26(18-7-6-8-19(30)15-18)33-34(25-13-14-32-23-10-5-4-9-20(23)25)28(21)29(22,2)16-24(31-3)27(17)35/h4-12,15-19,26H,13-14H2,1-2H3;4-9,12-18,25H,10-11H2,1-2H3;5-10,13-17,19,25H,11-12H2,1-3H3;4-10,13-17,22H,11-12H2,1-2H3/t19-,26-,31-;18-,25-,30-;19-,25-,30-;17-,22-,29-/m1111/s1. The molecular weight excluding hydrogens is 1830 g/mol. The lowest BCUT2D eigenvalue weighted by Crippen LogP contribution is -2.46. The van der Waals surface area contributed by atoms with Crippen molar-refractivity contribution in [3.05, 3.63) is 423 Å². The Labute approximate surface area is 842 Å². The second kappa shape index (κ2) is 37.8. The van der Waals surface area contributed by atoms with Crippen LogP contribution in [0.5, 0.6) is 0 Å². The molecule has 24 rings (SSSR count). The SMILES string of the molecule is [C-]#[N+]C1=C[C@@]2(C)c3c(c(-c4cccc(F)c4)nn3-c3ccnc4ccccc34)CC[C@@H]2[C@@H](C)C1=O.[C-]#[N+]C1=C[C@@]2(C)c3c(c(-c4ccccc4)nn3-c3ccc(-c4cncc(F)c4)cc3)CC[C@@H]2[C@@H](C)C1=O.[C-]#[N+]C1=C[C@@]2(C)c3c(c(-c4cccnc4)nn3-c3ccc(-c4cncc(F)c4)cc3)CC[C@@H]2[C@@H](C)C1=O.[C-]#[N+]C1=C[C@@]2(C)c3c(c(-c4cccnc4)nn3-c3ccc(-c4cnnc(C)c4)cc3)CC[C@@H]2[C@@H](C)C1=O. The number of para-hydroxylation sites is 1. The molecule has 0 amide bonds. The number of hydrogen-bond donors (Lipinski definition) is 0. The van der Waals surface area contributed by atoms with Crippen LogP contribution in [0, 0.1) is 98.0 Å². The Morgan fingerprint density at radius 1 is 0.329 bits per heavy atom. The molecule has 0 saturated heterocycles. The van der Waals surface area contributed by atoms with E-state index in [9.17, 15) is 32.3 Å². The molecule has 23 nitrogen and oxygen atoms in total. The minimum absolute atomic E-state index is 0.0388. The van der Waals surface area contributed by atoms with Crippen molar-refractivity contribution in [1.82, 2.24) is 74.2 Å². The van der Waals surface area contributed by atoms with Gasteiger partial charge in [0.1, 0.15) is 17.5 Å². The Hall–Kier alpha value is -17.4. The van der Waals surface area contributed by atoms with Crippen molar-refractivity contribution in [2.75, 3.05) is 0 Å². The first kappa shape index (κ1) is 94.9. The van der Waals surface area contributed by atoms with Crippen LogP contribution in [-0.4, -0.2) is 97.4 Å². The summed E-state index contributed by atoms with van der Waals surface area (Å²) in [7, 11) is 0. The van der Waals surface area contributed by atoms with Gasteiger partial charge in [-0.15, -0.1) is 0 Å². The zero-order valence-corrected chi connectivity index (χ0v) is 81.7. The van der Waals surface area contributed by atoms with Gasteiger partial charge in [-0.25, -0.2) is 51.3 Å². The fourth-order valence-electron chi connectivity index (χ4n) is 24.6. The van der Waals surface area contributed by atoms with Crippen LogP contribution in [0.4, 0.5) is 13.2 Å². The van der Waals surface area contributed by atoms with Crippen LogP contribution in [-0.2, 0) is 66.5 Å². The second-order valence-electron chi connectivity index (χ2n) is 40.0. The van der Waals surface area contributed by atoms with Crippen LogP contribution in [0.15, 0.2) is 309 Å². The Bertz CT molecular complexity index is 7740. The van der Waals surface area contributed by atoms with E-state index in [-0.39, 0.29) is 111 Å². The molecule has 8 aliphatic carbocycles. The third kappa shape index (κ3) is 16.4. The predicted molar refractivity (Wildman–Crippen MR) is 551 cm³/mol. The number of aromatic nitrogens is 15. The number of ketones is 4. The Morgan fingerprint density at radius 2 is 0.671 bits per heavy atom. The highest BCUT2D eigenvalue weighted by Gasteiger charge is 2.56. The largest absolute Gasteiger partial charge is 0.308 e. The molecule has 8 aliphatic rings. The molecule has 0 saturated carbocycles. The van der Waals surface area contributed by atoms with E-state index in [0.29, 0.717) is 11.1 Å². The number of halogens is 3. The van der Waals surface area contributed by atoms with Crippen LogP contribution in [0.1, 0.15) is 132 Å². The minimum Gasteiger partial charge on any atom is -0.308 e. The van der Waals surface area contributed by atoms with Crippen molar-refractivity contribution < 1.29 is 32.3 Å². The van der Waals surface area contributed by atoms with Crippen LogP contribution in [0.2, 0.25) is 0 Å². The molecule has 0 N–H and O–H groups in total. The Kier molecular flexibility index (Phi) is 24.6. The molecule has 146 heavy (non-hydrogen) atoms. The van der Waals surface area contributed by atoms with Gasteiger partial charge in [0, 0.05) is 155 Å². The van der Waals surface area contributed by atoms with Crippen molar-refractivity contribution in [2.45, 2.75) is 135 Å². The number of pyridine rings is 5. The maximum Gasteiger partial charge on any atom is 0.226 e. The van der Waals surface area contributed by atoms with E-state index in [4.69, 9.17) is 46.7 Å². The van der Waals surface area contributed by atoms with Crippen LogP contribution < -0.4 is 0 Å². The third-order valence-electron chi connectivity index (χ3n) is 31.6. The van der Waals surface area contributed by atoms with Crippen LogP contribution in [0.3, 0.4) is 0 Å². The first-order chi connectivity index (χ1) is 70.6. The molecular formula is C120H98F3N19O4. The maximum atomic E-state index is 14.2. The molecule has 0 fully saturated rings. The number of carbonyl (C=O) groups is 4. The number of nitrogens with zero attached hydrogens (tertiary/aromatic N) is 19. The summed E-state index contributed by atoms with van der Waals surface area (Å²) in [5, 5.41) is 29.6. The average Bonchev–Trinajstić information content (AvgIpc) is 1.50. The number of hydrogen-bond acceptors (Lipinski definition) is 15. The van der Waals surface area contributed by atoms with Gasteiger partial charge in [0.05, 0.1) is 124 Å². The van der Waals surface area contributed by atoms with E-state index in [1.807, 2.05) is 224 Å². The highest BCUT2D eigenvalue weighted by Crippen LogP contribution is 2.58. The molecule has 718 valence electrons. The van der Waals surface area contributed by atoms with Crippen molar-refractivity contribution >= 4 is 34.0 Å². The van der Waals surface area contributed by atoms with Crippen molar-refractivity contribution in [1.29, 1.82) is 0 Å². The molecule has 10 aromatic heterocycles. The Morgan fingerprint density at radius 3 is 1.05 bits per heavy atom. The van der Waals surface area contributed by atoms with Gasteiger partial charge in [-0.2, -0.15) is 30.6 Å². The van der Waals surface area contributed by atoms with Gasteiger partial charge < -0.3 is 19.2 Å². The van der Waals surface area contributed by atoms with Crippen molar-refractivity contribution in [3.63, 3.8) is 0 Å². The molecule has 0 radical (unpaired) electrons.